The van der Waals surface area contributed by atoms with Gasteiger partial charge >= 0.3 is 0 Å². The van der Waals surface area contributed by atoms with Crippen molar-refractivity contribution in [3.05, 3.63) is 175 Å². The van der Waals surface area contributed by atoms with Crippen LogP contribution in [-0.4, -0.2) is 4.57 Å². The number of hydrogen-bond donors (Lipinski definition) is 0. The summed E-state index contributed by atoms with van der Waals surface area (Å²) in [7, 11) is 0. The summed E-state index contributed by atoms with van der Waals surface area (Å²) >= 11 is 0. The average Bonchev–Trinajstić information content (AvgIpc) is 3.51. The number of fused-ring (bicyclic) bond motifs is 3. The third-order valence-electron chi connectivity index (χ3n) is 10.9. The highest BCUT2D eigenvalue weighted by Crippen LogP contribution is 2.47. The van der Waals surface area contributed by atoms with Crippen molar-refractivity contribution in [2.45, 2.75) is 26.2 Å². The summed E-state index contributed by atoms with van der Waals surface area (Å²) in [5.74, 6) is 0. The smallest absolute Gasteiger partial charge is 0.0541 e. The Labute approximate surface area is 298 Å². The van der Waals surface area contributed by atoms with Crippen LogP contribution < -0.4 is 0 Å². The number of benzene rings is 9. The lowest BCUT2D eigenvalue weighted by atomic mass is 9.81. The number of rotatable bonds is 4. The van der Waals surface area contributed by atoms with Crippen LogP contribution in [0, 0.1) is 0 Å². The molecule has 0 N–H and O–H groups in total. The van der Waals surface area contributed by atoms with Gasteiger partial charge in [-0.25, -0.2) is 0 Å². The van der Waals surface area contributed by atoms with E-state index in [2.05, 4.69) is 195 Å². The summed E-state index contributed by atoms with van der Waals surface area (Å²) in [4.78, 5) is 0. The van der Waals surface area contributed by atoms with E-state index >= 15 is 0 Å². The molecular weight excluding hydrogens is 615 g/mol. The molecule has 10 aromatic rings. The largest absolute Gasteiger partial charge is 0.309 e. The van der Waals surface area contributed by atoms with Crippen molar-refractivity contribution in [3.63, 3.8) is 0 Å². The van der Waals surface area contributed by atoms with Gasteiger partial charge in [0.15, 0.2) is 0 Å². The molecule has 0 aliphatic carbocycles. The van der Waals surface area contributed by atoms with Gasteiger partial charge in [-0.05, 0) is 107 Å². The second-order valence-corrected chi connectivity index (χ2v) is 15.0. The van der Waals surface area contributed by atoms with Gasteiger partial charge in [0.05, 0.1) is 11.0 Å². The molecule has 0 aliphatic heterocycles. The second kappa shape index (κ2) is 11.2. The summed E-state index contributed by atoms with van der Waals surface area (Å²) in [6.07, 6.45) is 0. The minimum absolute atomic E-state index is 0.0582. The lowest BCUT2D eigenvalue weighted by molar-refractivity contribution is 0.591. The van der Waals surface area contributed by atoms with E-state index in [1.165, 1.54) is 93.1 Å². The van der Waals surface area contributed by atoms with Gasteiger partial charge in [0.1, 0.15) is 0 Å². The van der Waals surface area contributed by atoms with Crippen LogP contribution in [0.2, 0.25) is 0 Å². The van der Waals surface area contributed by atoms with Gasteiger partial charge in [-0.3, -0.25) is 0 Å². The number of hydrogen-bond acceptors (Lipinski definition) is 0. The predicted octanol–water partition coefficient (Wildman–Crippen LogP) is 14.0. The fraction of sp³-hybridized carbons (Fsp3) is 0.0800. The molecule has 0 radical (unpaired) electrons. The van der Waals surface area contributed by atoms with Crippen LogP contribution in [0.15, 0.2) is 170 Å². The Hall–Kier alpha value is -6.18. The van der Waals surface area contributed by atoms with Crippen LogP contribution in [0.3, 0.4) is 0 Å². The molecule has 0 unspecified atom stereocenters. The summed E-state index contributed by atoms with van der Waals surface area (Å²) < 4.78 is 2.42. The topological polar surface area (TPSA) is 4.93 Å². The number of para-hydroxylation sites is 2. The van der Waals surface area contributed by atoms with Gasteiger partial charge in [0, 0.05) is 16.5 Å². The molecule has 9 aromatic carbocycles. The third kappa shape index (κ3) is 4.62. The average molecular weight is 652 g/mol. The monoisotopic (exact) mass is 651 g/mol. The van der Waals surface area contributed by atoms with E-state index in [-0.39, 0.29) is 5.41 Å². The third-order valence-corrected chi connectivity index (χ3v) is 10.9. The molecule has 10 rings (SSSR count). The van der Waals surface area contributed by atoms with Gasteiger partial charge in [0.2, 0.25) is 0 Å². The highest BCUT2D eigenvalue weighted by Gasteiger charge is 2.22. The van der Waals surface area contributed by atoms with Crippen molar-refractivity contribution >= 4 is 54.1 Å². The van der Waals surface area contributed by atoms with Gasteiger partial charge in [0.25, 0.3) is 0 Å². The van der Waals surface area contributed by atoms with Gasteiger partial charge < -0.3 is 4.57 Å². The summed E-state index contributed by atoms with van der Waals surface area (Å²) in [6.45, 7) is 6.92. The molecule has 1 heterocycles. The molecule has 0 fully saturated rings. The molecule has 0 atom stereocenters. The molecule has 0 amide bonds. The van der Waals surface area contributed by atoms with E-state index in [1.54, 1.807) is 0 Å². The van der Waals surface area contributed by atoms with E-state index in [0.717, 1.165) is 5.69 Å². The summed E-state index contributed by atoms with van der Waals surface area (Å²) in [5, 5.41) is 10.4. The van der Waals surface area contributed by atoms with Gasteiger partial charge in [-0.2, -0.15) is 0 Å². The first-order chi connectivity index (χ1) is 24.9. The predicted molar refractivity (Wildman–Crippen MR) is 219 cm³/mol. The molecule has 0 aliphatic rings. The summed E-state index contributed by atoms with van der Waals surface area (Å²) in [5.41, 5.74) is 12.5. The second-order valence-electron chi connectivity index (χ2n) is 15.0. The Balaban J connectivity index is 1.30. The first-order valence-corrected chi connectivity index (χ1v) is 17.9. The maximum Gasteiger partial charge on any atom is 0.0541 e. The minimum Gasteiger partial charge on any atom is -0.309 e. The van der Waals surface area contributed by atoms with Crippen molar-refractivity contribution in [2.75, 3.05) is 0 Å². The Bertz CT molecular complexity index is 2860. The van der Waals surface area contributed by atoms with Crippen molar-refractivity contribution in [3.8, 4) is 39.1 Å². The maximum atomic E-state index is 2.45. The number of nitrogens with zero attached hydrogens (tertiary/aromatic N) is 1. The fourth-order valence-corrected chi connectivity index (χ4v) is 8.41. The minimum atomic E-state index is 0.0582. The molecule has 242 valence electrons. The van der Waals surface area contributed by atoms with Crippen LogP contribution in [0.25, 0.3) is 93.2 Å². The highest BCUT2D eigenvalue weighted by molar-refractivity contribution is 6.28. The highest BCUT2D eigenvalue weighted by atomic mass is 15.0. The van der Waals surface area contributed by atoms with Crippen molar-refractivity contribution in [1.82, 2.24) is 4.57 Å². The molecular formula is C50H37N. The molecule has 1 aromatic heterocycles. The van der Waals surface area contributed by atoms with E-state index in [1.807, 2.05) is 0 Å². The normalized spacial score (nSPS) is 12.2. The lowest BCUT2D eigenvalue weighted by Gasteiger charge is -2.23. The Morgan fingerprint density at radius 1 is 0.373 bits per heavy atom. The van der Waals surface area contributed by atoms with Crippen LogP contribution in [-0.2, 0) is 5.41 Å². The molecule has 0 spiro atoms. The van der Waals surface area contributed by atoms with Crippen molar-refractivity contribution in [2.24, 2.45) is 0 Å². The van der Waals surface area contributed by atoms with Gasteiger partial charge in [-0.1, -0.05) is 160 Å². The van der Waals surface area contributed by atoms with Crippen LogP contribution in [0.5, 0.6) is 0 Å². The standard InChI is InChI=1S/C50H37N/c1-50(2,3)36-28-34-24-26-42-44(33-16-13-17-37(30-33)51-46-22-11-9-20-40(46)41-21-10-12-23-47(41)51)31-45(43-27-25-35(29-36)48(34)49(42)43)39-19-8-7-18-38(39)32-14-5-4-6-15-32/h4-31H,1-3H3. The molecule has 0 saturated carbocycles. The first kappa shape index (κ1) is 29.7. The Morgan fingerprint density at radius 3 is 1.61 bits per heavy atom. The van der Waals surface area contributed by atoms with E-state index < -0.39 is 0 Å². The first-order valence-electron chi connectivity index (χ1n) is 17.9. The zero-order valence-corrected chi connectivity index (χ0v) is 29.1. The zero-order valence-electron chi connectivity index (χ0n) is 29.1. The molecule has 1 heteroatoms. The lowest BCUT2D eigenvalue weighted by Crippen LogP contribution is -2.10. The summed E-state index contributed by atoms with van der Waals surface area (Å²) in [6, 6.07) is 63.1. The molecule has 51 heavy (non-hydrogen) atoms. The van der Waals surface area contributed by atoms with Crippen molar-refractivity contribution < 1.29 is 0 Å². The molecule has 1 nitrogen and oxygen atoms in total. The SMILES string of the molecule is CC(C)(C)c1cc2ccc3c(-c4cccc(-n5c6ccccc6c6ccccc65)c4)cc(-c4ccccc4-c4ccccc4)c4ccc(c1)c2c34. The Kier molecular flexibility index (Phi) is 6.51. The van der Waals surface area contributed by atoms with E-state index in [0.29, 0.717) is 0 Å². The molecule has 0 bridgehead atoms. The molecule has 0 saturated heterocycles. The Morgan fingerprint density at radius 2 is 0.941 bits per heavy atom. The fourth-order valence-electron chi connectivity index (χ4n) is 8.41. The van der Waals surface area contributed by atoms with E-state index in [9.17, 15) is 0 Å². The van der Waals surface area contributed by atoms with E-state index in [4.69, 9.17) is 0 Å². The maximum absolute atomic E-state index is 2.45. The quantitative estimate of drug-likeness (QED) is 0.167. The van der Waals surface area contributed by atoms with Crippen LogP contribution >= 0.6 is 0 Å². The van der Waals surface area contributed by atoms with Crippen LogP contribution in [0.1, 0.15) is 26.3 Å². The zero-order chi connectivity index (χ0) is 34.3. The van der Waals surface area contributed by atoms with Crippen LogP contribution in [0.4, 0.5) is 0 Å². The number of aromatic nitrogens is 1. The van der Waals surface area contributed by atoms with Crippen molar-refractivity contribution in [1.29, 1.82) is 0 Å². The van der Waals surface area contributed by atoms with Gasteiger partial charge in [-0.15, -0.1) is 0 Å².